The van der Waals surface area contributed by atoms with Gasteiger partial charge in [0.2, 0.25) is 0 Å². The molecule has 1 aliphatic rings. The van der Waals surface area contributed by atoms with E-state index in [1.165, 1.54) is 0 Å². The minimum atomic E-state index is 0.572. The second kappa shape index (κ2) is 4.46. The zero-order chi connectivity index (χ0) is 8.97. The molecule has 0 heterocycles. The summed E-state index contributed by atoms with van der Waals surface area (Å²) in [5.41, 5.74) is 0. The largest absolute Gasteiger partial charge is 0.313 e. The number of rotatable bonds is 4. The van der Waals surface area contributed by atoms with Gasteiger partial charge in [-0.2, -0.15) is 0 Å². The van der Waals surface area contributed by atoms with Crippen molar-refractivity contribution in [2.24, 2.45) is 11.8 Å². The lowest BCUT2D eigenvalue weighted by atomic mass is 10.0. The van der Waals surface area contributed by atoms with Crippen LogP contribution in [0, 0.1) is 11.8 Å². The molecule has 0 radical (unpaired) electrons. The Morgan fingerprint density at radius 3 is 2.25 bits per heavy atom. The standard InChI is InChI=1S/C11H19N/c1-9(2)8-12-10(3)11-6-4-5-7-11/h4-7,9-12H,8H2,1-3H3. The van der Waals surface area contributed by atoms with Crippen molar-refractivity contribution in [1.29, 1.82) is 0 Å². The normalized spacial score (nSPS) is 19.3. The highest BCUT2D eigenvalue weighted by atomic mass is 14.9. The molecule has 1 nitrogen and oxygen atoms in total. The van der Waals surface area contributed by atoms with E-state index in [4.69, 9.17) is 0 Å². The van der Waals surface area contributed by atoms with Crippen LogP contribution in [-0.4, -0.2) is 12.6 Å². The van der Waals surface area contributed by atoms with Gasteiger partial charge in [-0.15, -0.1) is 0 Å². The number of nitrogens with one attached hydrogen (secondary N) is 1. The van der Waals surface area contributed by atoms with Gasteiger partial charge in [0.05, 0.1) is 0 Å². The first-order chi connectivity index (χ1) is 5.70. The molecule has 1 N–H and O–H groups in total. The molecule has 0 aliphatic heterocycles. The maximum atomic E-state index is 3.52. The first-order valence-corrected chi connectivity index (χ1v) is 4.78. The van der Waals surface area contributed by atoms with Crippen LogP contribution in [0.15, 0.2) is 24.3 Å². The third-order valence-electron chi connectivity index (χ3n) is 2.20. The smallest absolute Gasteiger partial charge is 0.0137 e. The van der Waals surface area contributed by atoms with E-state index in [0.29, 0.717) is 12.0 Å². The van der Waals surface area contributed by atoms with Crippen LogP contribution in [0.4, 0.5) is 0 Å². The van der Waals surface area contributed by atoms with Crippen molar-refractivity contribution in [2.75, 3.05) is 6.54 Å². The molecule has 1 rings (SSSR count). The Hall–Kier alpha value is -0.560. The van der Waals surface area contributed by atoms with Crippen LogP contribution in [0.5, 0.6) is 0 Å². The summed E-state index contributed by atoms with van der Waals surface area (Å²) in [6, 6.07) is 0.572. The topological polar surface area (TPSA) is 12.0 Å². The van der Waals surface area contributed by atoms with Gasteiger partial charge in [0, 0.05) is 12.0 Å². The van der Waals surface area contributed by atoms with Crippen molar-refractivity contribution in [3.05, 3.63) is 24.3 Å². The molecule has 0 aromatic heterocycles. The van der Waals surface area contributed by atoms with E-state index in [2.05, 4.69) is 50.4 Å². The number of hydrogen-bond acceptors (Lipinski definition) is 1. The van der Waals surface area contributed by atoms with E-state index >= 15 is 0 Å². The summed E-state index contributed by atoms with van der Waals surface area (Å²) in [5.74, 6) is 1.34. The van der Waals surface area contributed by atoms with Crippen LogP contribution in [-0.2, 0) is 0 Å². The van der Waals surface area contributed by atoms with Gasteiger partial charge in [-0.3, -0.25) is 0 Å². The molecule has 68 valence electrons. The zero-order valence-electron chi connectivity index (χ0n) is 8.25. The highest BCUT2D eigenvalue weighted by Gasteiger charge is 2.12. The van der Waals surface area contributed by atoms with Gasteiger partial charge >= 0.3 is 0 Å². The van der Waals surface area contributed by atoms with Crippen molar-refractivity contribution in [1.82, 2.24) is 5.32 Å². The summed E-state index contributed by atoms with van der Waals surface area (Å²) in [5, 5.41) is 3.52. The Morgan fingerprint density at radius 2 is 1.75 bits per heavy atom. The average Bonchev–Trinajstić information content (AvgIpc) is 2.51. The summed E-state index contributed by atoms with van der Waals surface area (Å²) in [4.78, 5) is 0. The summed E-state index contributed by atoms with van der Waals surface area (Å²) in [6.07, 6.45) is 8.74. The van der Waals surface area contributed by atoms with E-state index < -0.39 is 0 Å². The molecule has 12 heavy (non-hydrogen) atoms. The third-order valence-corrected chi connectivity index (χ3v) is 2.20. The molecular formula is C11H19N. The predicted molar refractivity (Wildman–Crippen MR) is 54.1 cm³/mol. The highest BCUT2D eigenvalue weighted by Crippen LogP contribution is 2.13. The van der Waals surface area contributed by atoms with Crippen LogP contribution in [0.3, 0.4) is 0 Å². The summed E-state index contributed by atoms with van der Waals surface area (Å²) >= 11 is 0. The molecule has 1 aliphatic carbocycles. The van der Waals surface area contributed by atoms with Crippen LogP contribution in [0.25, 0.3) is 0 Å². The average molecular weight is 165 g/mol. The summed E-state index contributed by atoms with van der Waals surface area (Å²) in [6.45, 7) is 7.83. The molecule has 0 aromatic carbocycles. The monoisotopic (exact) mass is 165 g/mol. The Bertz CT molecular complexity index is 167. The third kappa shape index (κ3) is 2.82. The van der Waals surface area contributed by atoms with Gasteiger partial charge in [-0.25, -0.2) is 0 Å². The van der Waals surface area contributed by atoms with Crippen LogP contribution < -0.4 is 5.32 Å². The van der Waals surface area contributed by atoms with Crippen molar-refractivity contribution < 1.29 is 0 Å². The van der Waals surface area contributed by atoms with Gasteiger partial charge < -0.3 is 5.32 Å². The molecule has 1 heteroatoms. The van der Waals surface area contributed by atoms with Gasteiger partial charge in [0.1, 0.15) is 0 Å². The lowest BCUT2D eigenvalue weighted by Crippen LogP contribution is -2.33. The SMILES string of the molecule is CC(C)CNC(C)C1C=CC=C1. The molecule has 0 amide bonds. The van der Waals surface area contributed by atoms with E-state index in [-0.39, 0.29) is 0 Å². The Kier molecular flexibility index (Phi) is 3.54. The second-order valence-corrected chi connectivity index (χ2v) is 3.94. The van der Waals surface area contributed by atoms with Crippen molar-refractivity contribution in [2.45, 2.75) is 26.8 Å². The lowest BCUT2D eigenvalue weighted by Gasteiger charge is -2.19. The Labute approximate surface area is 75.6 Å². The predicted octanol–water partition coefficient (Wildman–Crippen LogP) is 2.36. The van der Waals surface area contributed by atoms with Crippen LogP contribution in [0.2, 0.25) is 0 Å². The van der Waals surface area contributed by atoms with Crippen LogP contribution in [0.1, 0.15) is 20.8 Å². The lowest BCUT2D eigenvalue weighted by molar-refractivity contribution is 0.448. The minimum absolute atomic E-state index is 0.572. The van der Waals surface area contributed by atoms with Gasteiger partial charge in [0.15, 0.2) is 0 Å². The maximum absolute atomic E-state index is 3.52. The molecule has 0 spiro atoms. The zero-order valence-corrected chi connectivity index (χ0v) is 8.25. The quantitative estimate of drug-likeness (QED) is 0.674. The second-order valence-electron chi connectivity index (χ2n) is 3.94. The fourth-order valence-electron chi connectivity index (χ4n) is 1.34. The van der Waals surface area contributed by atoms with Crippen LogP contribution >= 0.6 is 0 Å². The highest BCUT2D eigenvalue weighted by molar-refractivity contribution is 5.19. The first-order valence-electron chi connectivity index (χ1n) is 4.78. The molecule has 0 saturated heterocycles. The van der Waals surface area contributed by atoms with Crippen molar-refractivity contribution in [3.63, 3.8) is 0 Å². The molecule has 0 aromatic rings. The summed E-state index contributed by atoms with van der Waals surface area (Å²) in [7, 11) is 0. The fraction of sp³-hybridized carbons (Fsp3) is 0.636. The Morgan fingerprint density at radius 1 is 1.17 bits per heavy atom. The van der Waals surface area contributed by atoms with Gasteiger partial charge in [-0.05, 0) is 19.4 Å². The van der Waals surface area contributed by atoms with E-state index in [1.807, 2.05) is 0 Å². The minimum Gasteiger partial charge on any atom is -0.313 e. The molecular weight excluding hydrogens is 146 g/mol. The van der Waals surface area contributed by atoms with E-state index in [0.717, 1.165) is 12.5 Å². The molecule has 0 bridgehead atoms. The molecule has 0 fully saturated rings. The van der Waals surface area contributed by atoms with Crippen molar-refractivity contribution >= 4 is 0 Å². The summed E-state index contributed by atoms with van der Waals surface area (Å²) < 4.78 is 0. The maximum Gasteiger partial charge on any atom is 0.0137 e. The van der Waals surface area contributed by atoms with E-state index in [1.54, 1.807) is 0 Å². The Balaban J connectivity index is 2.23. The molecule has 0 saturated carbocycles. The molecule has 1 atom stereocenters. The molecule has 1 unspecified atom stereocenters. The van der Waals surface area contributed by atoms with Crippen molar-refractivity contribution in [3.8, 4) is 0 Å². The van der Waals surface area contributed by atoms with Gasteiger partial charge in [-0.1, -0.05) is 38.2 Å². The fourth-order valence-corrected chi connectivity index (χ4v) is 1.34. The van der Waals surface area contributed by atoms with Gasteiger partial charge in [0.25, 0.3) is 0 Å². The first kappa shape index (κ1) is 9.53. The number of allylic oxidation sites excluding steroid dienone is 2. The van der Waals surface area contributed by atoms with E-state index in [9.17, 15) is 0 Å². The number of hydrogen-bond donors (Lipinski definition) is 1.